The summed E-state index contributed by atoms with van der Waals surface area (Å²) in [5.74, 6) is 1.46. The monoisotopic (exact) mass is 276 g/mol. The van der Waals surface area contributed by atoms with Crippen LogP contribution >= 0.6 is 0 Å². The van der Waals surface area contributed by atoms with Crippen LogP contribution in [-0.4, -0.2) is 30.4 Å². The van der Waals surface area contributed by atoms with Gasteiger partial charge in [-0.3, -0.25) is 9.69 Å². The number of piperidine rings is 1. The Morgan fingerprint density at radius 3 is 2.70 bits per heavy atom. The number of furan rings is 1. The first-order chi connectivity index (χ1) is 9.84. The number of carbonyl (C=O) groups excluding carboxylic acids is 1. The van der Waals surface area contributed by atoms with E-state index < -0.39 is 0 Å². The second kappa shape index (κ2) is 6.44. The molecule has 0 bridgehead atoms. The van der Waals surface area contributed by atoms with Gasteiger partial charge in [0.25, 0.3) is 0 Å². The van der Waals surface area contributed by atoms with Gasteiger partial charge in [0.15, 0.2) is 0 Å². The summed E-state index contributed by atoms with van der Waals surface area (Å²) in [5.41, 5.74) is 0. The van der Waals surface area contributed by atoms with E-state index in [9.17, 15) is 4.79 Å². The Morgan fingerprint density at radius 2 is 2.10 bits per heavy atom. The molecule has 1 atom stereocenters. The number of hydrogen-bond donors (Lipinski definition) is 1. The summed E-state index contributed by atoms with van der Waals surface area (Å²) >= 11 is 0. The molecule has 1 amide bonds. The van der Waals surface area contributed by atoms with Crippen molar-refractivity contribution in [1.29, 1.82) is 0 Å². The highest BCUT2D eigenvalue weighted by atomic mass is 16.3. The van der Waals surface area contributed by atoms with Crippen molar-refractivity contribution < 1.29 is 9.21 Å². The summed E-state index contributed by atoms with van der Waals surface area (Å²) in [5, 5.41) is 3.13. The third-order valence-corrected chi connectivity index (χ3v) is 4.65. The summed E-state index contributed by atoms with van der Waals surface area (Å²) in [7, 11) is 0. The maximum absolute atomic E-state index is 12.0. The quantitative estimate of drug-likeness (QED) is 0.899. The molecule has 2 fully saturated rings. The topological polar surface area (TPSA) is 45.5 Å². The van der Waals surface area contributed by atoms with Crippen LogP contribution in [0.2, 0.25) is 0 Å². The molecule has 1 saturated heterocycles. The Bertz CT molecular complexity index is 420. The molecule has 0 radical (unpaired) electrons. The zero-order chi connectivity index (χ0) is 13.8. The smallest absolute Gasteiger partial charge is 0.223 e. The van der Waals surface area contributed by atoms with Crippen LogP contribution in [0.1, 0.15) is 50.3 Å². The van der Waals surface area contributed by atoms with Gasteiger partial charge in [0, 0.05) is 12.5 Å². The second-order valence-corrected chi connectivity index (χ2v) is 6.00. The highest BCUT2D eigenvalue weighted by molar-refractivity contribution is 5.79. The lowest BCUT2D eigenvalue weighted by Crippen LogP contribution is -2.43. The van der Waals surface area contributed by atoms with Crippen LogP contribution in [0.25, 0.3) is 0 Å². The van der Waals surface area contributed by atoms with Crippen LogP contribution in [0.3, 0.4) is 0 Å². The van der Waals surface area contributed by atoms with Gasteiger partial charge in [-0.05, 0) is 50.9 Å². The Hall–Kier alpha value is -1.29. The fourth-order valence-electron chi connectivity index (χ4n) is 3.13. The number of hydrogen-bond acceptors (Lipinski definition) is 3. The molecular weight excluding hydrogens is 252 g/mol. The van der Waals surface area contributed by atoms with Crippen molar-refractivity contribution in [3.05, 3.63) is 24.2 Å². The van der Waals surface area contributed by atoms with Crippen LogP contribution in [0.4, 0.5) is 0 Å². The normalized spacial score (nSPS) is 22.2. The average molecular weight is 276 g/mol. The fraction of sp³-hybridized carbons (Fsp3) is 0.688. The first kappa shape index (κ1) is 13.7. The molecule has 1 aromatic rings. The van der Waals surface area contributed by atoms with Crippen LogP contribution in [0, 0.1) is 5.92 Å². The number of rotatable bonds is 5. The van der Waals surface area contributed by atoms with Gasteiger partial charge in [0.2, 0.25) is 5.91 Å². The molecule has 20 heavy (non-hydrogen) atoms. The zero-order valence-electron chi connectivity index (χ0n) is 12.0. The molecule has 1 aromatic heterocycles. The predicted molar refractivity (Wildman–Crippen MR) is 77.2 cm³/mol. The van der Waals surface area contributed by atoms with Gasteiger partial charge in [0.1, 0.15) is 5.76 Å². The molecule has 3 rings (SSSR count). The minimum Gasteiger partial charge on any atom is -0.468 e. The largest absolute Gasteiger partial charge is 0.468 e. The minimum atomic E-state index is 0.189. The van der Waals surface area contributed by atoms with Crippen LogP contribution in [-0.2, 0) is 4.79 Å². The molecule has 2 heterocycles. The van der Waals surface area contributed by atoms with Crippen LogP contribution < -0.4 is 5.32 Å². The lowest BCUT2D eigenvalue weighted by atomic mass is 9.85. The van der Waals surface area contributed by atoms with E-state index in [2.05, 4.69) is 10.2 Å². The highest BCUT2D eigenvalue weighted by Gasteiger charge is 2.28. The fourth-order valence-corrected chi connectivity index (χ4v) is 3.13. The Balaban J connectivity index is 1.61. The van der Waals surface area contributed by atoms with E-state index >= 15 is 0 Å². The van der Waals surface area contributed by atoms with Crippen molar-refractivity contribution in [2.24, 2.45) is 5.92 Å². The van der Waals surface area contributed by atoms with E-state index in [1.807, 2.05) is 12.1 Å². The predicted octanol–water partition coefficient (Wildman–Crippen LogP) is 2.72. The lowest BCUT2D eigenvalue weighted by Gasteiger charge is -2.34. The molecule has 1 aliphatic carbocycles. The first-order valence-corrected chi connectivity index (χ1v) is 7.90. The molecule has 2 aliphatic rings. The zero-order valence-corrected chi connectivity index (χ0v) is 12.0. The maximum Gasteiger partial charge on any atom is 0.223 e. The number of carbonyl (C=O) groups is 1. The van der Waals surface area contributed by atoms with Crippen molar-refractivity contribution in [2.75, 3.05) is 19.6 Å². The van der Waals surface area contributed by atoms with Crippen molar-refractivity contribution in [3.63, 3.8) is 0 Å². The summed E-state index contributed by atoms with van der Waals surface area (Å²) < 4.78 is 5.59. The maximum atomic E-state index is 12.0. The van der Waals surface area contributed by atoms with Crippen molar-refractivity contribution in [1.82, 2.24) is 10.2 Å². The van der Waals surface area contributed by atoms with E-state index in [4.69, 9.17) is 4.42 Å². The molecular formula is C16H24N2O2. The number of nitrogens with zero attached hydrogens (tertiary/aromatic N) is 1. The van der Waals surface area contributed by atoms with E-state index in [0.29, 0.717) is 6.54 Å². The molecule has 0 aromatic carbocycles. The molecule has 4 heteroatoms. The second-order valence-electron chi connectivity index (χ2n) is 6.00. The van der Waals surface area contributed by atoms with E-state index in [-0.39, 0.29) is 17.9 Å². The summed E-state index contributed by atoms with van der Waals surface area (Å²) in [6, 6.07) is 4.14. The molecule has 0 unspecified atom stereocenters. The van der Waals surface area contributed by atoms with Gasteiger partial charge in [-0.2, -0.15) is 0 Å². The van der Waals surface area contributed by atoms with Crippen molar-refractivity contribution >= 4 is 5.91 Å². The minimum absolute atomic E-state index is 0.189. The SMILES string of the molecule is O=C(NC[C@@H](c1ccco1)N1CCCCC1)C1CCC1. The van der Waals surface area contributed by atoms with E-state index in [1.54, 1.807) is 6.26 Å². The Labute approximate surface area is 120 Å². The lowest BCUT2D eigenvalue weighted by molar-refractivity contribution is -0.127. The standard InChI is InChI=1S/C16H24N2O2/c19-16(13-6-4-7-13)17-12-14(15-8-5-11-20-15)18-9-2-1-3-10-18/h5,8,11,13-14H,1-4,6-7,9-10,12H2,(H,17,19)/t14-/m0/s1. The van der Waals surface area contributed by atoms with Crippen LogP contribution in [0.15, 0.2) is 22.8 Å². The third-order valence-electron chi connectivity index (χ3n) is 4.65. The number of likely N-dealkylation sites (tertiary alicyclic amines) is 1. The first-order valence-electron chi connectivity index (χ1n) is 7.90. The van der Waals surface area contributed by atoms with Gasteiger partial charge in [-0.1, -0.05) is 12.8 Å². The van der Waals surface area contributed by atoms with Gasteiger partial charge in [0.05, 0.1) is 12.3 Å². The summed E-state index contributed by atoms with van der Waals surface area (Å²) in [6.45, 7) is 2.87. The Morgan fingerprint density at radius 1 is 1.30 bits per heavy atom. The molecule has 1 saturated carbocycles. The van der Waals surface area contributed by atoms with E-state index in [1.165, 1.54) is 25.7 Å². The van der Waals surface area contributed by atoms with Gasteiger partial charge >= 0.3 is 0 Å². The molecule has 4 nitrogen and oxygen atoms in total. The van der Waals surface area contributed by atoms with E-state index in [0.717, 1.165) is 31.7 Å². The molecule has 1 N–H and O–H groups in total. The molecule has 110 valence electrons. The highest BCUT2D eigenvalue weighted by Crippen LogP contribution is 2.27. The number of nitrogens with one attached hydrogen (secondary N) is 1. The average Bonchev–Trinajstić information content (AvgIpc) is 2.92. The summed E-state index contributed by atoms with van der Waals surface area (Å²) in [4.78, 5) is 14.5. The van der Waals surface area contributed by atoms with Crippen LogP contribution in [0.5, 0.6) is 0 Å². The number of amides is 1. The van der Waals surface area contributed by atoms with Crippen molar-refractivity contribution in [3.8, 4) is 0 Å². The third kappa shape index (κ3) is 3.06. The van der Waals surface area contributed by atoms with Crippen molar-refractivity contribution in [2.45, 2.75) is 44.6 Å². The Kier molecular flexibility index (Phi) is 4.41. The van der Waals surface area contributed by atoms with Gasteiger partial charge < -0.3 is 9.73 Å². The molecule has 0 spiro atoms. The van der Waals surface area contributed by atoms with Gasteiger partial charge in [-0.25, -0.2) is 0 Å². The van der Waals surface area contributed by atoms with Gasteiger partial charge in [-0.15, -0.1) is 0 Å². The summed E-state index contributed by atoms with van der Waals surface area (Å²) in [6.07, 6.45) is 8.84. The molecule has 1 aliphatic heterocycles.